The molecule has 39 heavy (non-hydrogen) atoms. The van der Waals surface area contributed by atoms with Crippen molar-refractivity contribution >= 4 is 65.0 Å². The number of allylic oxidation sites excluding steroid dienone is 3. The van der Waals surface area contributed by atoms with Crippen LogP contribution in [0.25, 0.3) is 35.2 Å². The van der Waals surface area contributed by atoms with E-state index in [0.29, 0.717) is 22.5 Å². The maximum Gasteiger partial charge on any atom is 2.00 e. The zero-order valence-corrected chi connectivity index (χ0v) is 24.5. The summed E-state index contributed by atoms with van der Waals surface area (Å²) in [5.74, 6) is -0.893. The zero-order chi connectivity index (χ0) is 26.9. The van der Waals surface area contributed by atoms with Crippen molar-refractivity contribution in [2.75, 3.05) is 0 Å². The molecule has 0 unspecified atom stereocenters. The van der Waals surface area contributed by atoms with Crippen molar-refractivity contribution in [3.63, 3.8) is 0 Å². The smallest absolute Gasteiger partial charge is 0.664 e. The van der Waals surface area contributed by atoms with Crippen LogP contribution in [0.4, 0.5) is 0 Å². The van der Waals surface area contributed by atoms with Crippen LogP contribution in [0.2, 0.25) is 0 Å². The Kier molecular flexibility index (Phi) is 7.01. The minimum Gasteiger partial charge on any atom is -0.664 e. The molecule has 3 aliphatic rings. The molecule has 0 aromatic carbocycles. The third-order valence-corrected chi connectivity index (χ3v) is 8.52. The van der Waals surface area contributed by atoms with Gasteiger partial charge in [-0.3, -0.25) is 4.79 Å². The molecular weight excluding hydrogens is 497 g/mol. The van der Waals surface area contributed by atoms with E-state index >= 15 is 0 Å². The van der Waals surface area contributed by atoms with Crippen LogP contribution >= 0.6 is 0 Å². The van der Waals surface area contributed by atoms with Crippen molar-refractivity contribution < 1.29 is 9.59 Å². The number of nitrogens with zero attached hydrogens (tertiary/aromatic N) is 4. The molecule has 194 valence electrons. The Labute approximate surface area is 244 Å². The van der Waals surface area contributed by atoms with Crippen LogP contribution in [0, 0.1) is 31.6 Å². The summed E-state index contributed by atoms with van der Waals surface area (Å²) in [4.78, 5) is 40.4. The third-order valence-electron chi connectivity index (χ3n) is 8.52. The van der Waals surface area contributed by atoms with Gasteiger partial charge in [0.2, 0.25) is 0 Å². The van der Waals surface area contributed by atoms with Gasteiger partial charge < -0.3 is 25.1 Å². The van der Waals surface area contributed by atoms with Gasteiger partial charge in [0.05, 0.1) is 0 Å². The van der Waals surface area contributed by atoms with Crippen LogP contribution < -0.4 is 25.7 Å². The van der Waals surface area contributed by atoms with Crippen molar-refractivity contribution in [3.8, 4) is 0 Å². The number of carbonyl (C=O) groups is 2. The average Bonchev–Trinajstić information content (AvgIpc) is 3.65. The van der Waals surface area contributed by atoms with Crippen LogP contribution in [0.5, 0.6) is 0 Å². The minimum absolute atomic E-state index is 0. The van der Waals surface area contributed by atoms with Crippen molar-refractivity contribution in [1.29, 1.82) is 0 Å². The second-order valence-corrected chi connectivity index (χ2v) is 10.5. The van der Waals surface area contributed by atoms with E-state index in [2.05, 4.69) is 41.2 Å². The van der Waals surface area contributed by atoms with Gasteiger partial charge in [0.15, 0.2) is 5.78 Å². The van der Waals surface area contributed by atoms with E-state index in [1.165, 1.54) is 0 Å². The molecule has 0 radical (unpaired) electrons. The SMILES string of the molecule is C=Cc1c2[n-]c(c1C)/C=C1\[N-]/C(=C3\c4[n-]c(cc4C(=O)[C@@H]3C=O)/C=c3\[n-]/c(c(C)c3CC)=C\2)[C@@H](CC)[C@@H]1C.[Mg+2]. The number of hydrogen-bond acceptors (Lipinski definition) is 2. The van der Waals surface area contributed by atoms with Crippen LogP contribution in [0.1, 0.15) is 82.6 Å². The Bertz CT molecular complexity index is 1730. The normalized spacial score (nSPS) is 26.0. The molecule has 1 aliphatic carbocycles. The number of ketones is 1. The molecule has 6 nitrogen and oxygen atoms in total. The molecule has 0 spiro atoms. The number of Topliss-reactive ketones (excluding diaryl/α,β-unsaturated/α-hetero) is 1. The number of aromatic nitrogens is 3. The van der Waals surface area contributed by atoms with Gasteiger partial charge >= 0.3 is 23.1 Å². The Hall–Kier alpha value is -3.29. The van der Waals surface area contributed by atoms with E-state index in [1.807, 2.05) is 24.3 Å². The second kappa shape index (κ2) is 10.0. The first-order valence-electron chi connectivity index (χ1n) is 13.3. The van der Waals surface area contributed by atoms with Crippen LogP contribution in [-0.2, 0) is 11.2 Å². The molecule has 1 saturated heterocycles. The molecule has 1 fully saturated rings. The third kappa shape index (κ3) is 3.97. The molecule has 5 heterocycles. The molecular formula is C32H30MgN4O2-2. The summed E-state index contributed by atoms with van der Waals surface area (Å²) >= 11 is 0. The summed E-state index contributed by atoms with van der Waals surface area (Å²) < 4.78 is 0. The van der Waals surface area contributed by atoms with Crippen molar-refractivity contribution in [1.82, 2.24) is 15.0 Å². The maximum atomic E-state index is 13.4. The number of rotatable bonds is 4. The predicted molar refractivity (Wildman–Crippen MR) is 155 cm³/mol. The first kappa shape index (κ1) is 27.3. The molecule has 0 N–H and O–H groups in total. The standard InChI is InChI=1S/C32H31N4O2.Mg/c1-7-19-15(4)25-13-28-20(8-2)16(5)24(35-28)12-26-17(6)21(9-3)30(36-26)29-23(14-37)32(38)22-10-18(33-31(22)29)11-27(19)34-25;/h8,10-14,17,21,23H,2,7,9H2,1,3-6H3,(H-,33,36,38);/q-3;+2/p-1/b25-13-,26-12-,27-11-;/t17-,21-,23+;/m0./s1. The fourth-order valence-electron chi connectivity index (χ4n) is 6.35. The van der Waals surface area contributed by atoms with Crippen molar-refractivity contribution in [3.05, 3.63) is 90.6 Å². The van der Waals surface area contributed by atoms with Gasteiger partial charge in [-0.15, -0.1) is 33.5 Å². The van der Waals surface area contributed by atoms with Gasteiger partial charge in [-0.25, -0.2) is 0 Å². The van der Waals surface area contributed by atoms with Gasteiger partial charge in [0.25, 0.3) is 0 Å². The summed E-state index contributed by atoms with van der Waals surface area (Å²) in [6.45, 7) is 14.6. The summed E-state index contributed by atoms with van der Waals surface area (Å²) in [5.41, 5.74) is 10.1. The Balaban J connectivity index is 0.00000308. The van der Waals surface area contributed by atoms with Crippen LogP contribution in [0.3, 0.4) is 0 Å². The number of carbonyl (C=O) groups excluding carboxylic acids is 2. The van der Waals surface area contributed by atoms with Crippen LogP contribution in [0.15, 0.2) is 24.0 Å². The summed E-state index contributed by atoms with van der Waals surface area (Å²) in [6.07, 6.45) is 10.3. The molecule has 3 atom stereocenters. The maximum absolute atomic E-state index is 13.4. The number of hydrogen-bond donors (Lipinski definition) is 0. The summed E-state index contributed by atoms with van der Waals surface area (Å²) in [7, 11) is 0. The molecule has 6 rings (SSSR count). The summed E-state index contributed by atoms with van der Waals surface area (Å²) in [6, 6.07) is 1.80. The zero-order valence-electron chi connectivity index (χ0n) is 23.1. The molecule has 2 aliphatic heterocycles. The quantitative estimate of drug-likeness (QED) is 0.293. The monoisotopic (exact) mass is 526 g/mol. The Morgan fingerprint density at radius 1 is 1.00 bits per heavy atom. The van der Waals surface area contributed by atoms with E-state index in [9.17, 15) is 9.59 Å². The summed E-state index contributed by atoms with van der Waals surface area (Å²) in [5, 5.41) is 6.78. The molecule has 0 saturated carbocycles. The predicted octanol–water partition coefficient (Wildman–Crippen LogP) is 3.78. The number of aldehydes is 1. The molecule has 7 heteroatoms. The fourth-order valence-corrected chi connectivity index (χ4v) is 6.35. The number of fused-ring (bicyclic) bond motifs is 7. The molecule has 0 amide bonds. The first-order valence-corrected chi connectivity index (χ1v) is 13.3. The molecule has 3 aromatic rings. The van der Waals surface area contributed by atoms with Crippen molar-refractivity contribution in [2.24, 2.45) is 17.8 Å². The van der Waals surface area contributed by atoms with Crippen LogP contribution in [-0.4, -0.2) is 35.1 Å². The van der Waals surface area contributed by atoms with E-state index in [0.717, 1.165) is 74.9 Å². The van der Waals surface area contributed by atoms with Gasteiger partial charge in [-0.05, 0) is 37.7 Å². The fraction of sp³-hybridized carbons (Fsp3) is 0.312. The largest absolute Gasteiger partial charge is 2.00 e. The Morgan fingerprint density at radius 3 is 2.44 bits per heavy atom. The molecule has 3 aromatic heterocycles. The van der Waals surface area contributed by atoms with Gasteiger partial charge in [0.1, 0.15) is 12.2 Å². The van der Waals surface area contributed by atoms with E-state index in [1.54, 1.807) is 6.07 Å². The second-order valence-electron chi connectivity index (χ2n) is 10.5. The van der Waals surface area contributed by atoms with E-state index in [4.69, 9.17) is 20.3 Å². The average molecular weight is 527 g/mol. The van der Waals surface area contributed by atoms with Crippen molar-refractivity contribution in [2.45, 2.75) is 47.5 Å². The minimum atomic E-state index is -0.871. The first-order chi connectivity index (χ1) is 18.3. The van der Waals surface area contributed by atoms with Gasteiger partial charge in [-0.2, -0.15) is 11.4 Å². The van der Waals surface area contributed by atoms with E-state index in [-0.39, 0.29) is 40.7 Å². The molecule has 8 bridgehead atoms. The Morgan fingerprint density at radius 2 is 1.77 bits per heavy atom. The van der Waals surface area contributed by atoms with Gasteiger partial charge in [0, 0.05) is 5.56 Å². The van der Waals surface area contributed by atoms with Gasteiger partial charge in [-0.1, -0.05) is 86.4 Å². The van der Waals surface area contributed by atoms with E-state index < -0.39 is 5.92 Å². The topological polar surface area (TPSA) is 90.5 Å².